The number of carbonyl (C=O) groups excluding carboxylic acids is 2. The van der Waals surface area contributed by atoms with Crippen molar-refractivity contribution < 1.29 is 19.4 Å². The largest absolute Gasteiger partial charge is 0.447 e. The maximum absolute atomic E-state index is 12.5. The zero-order valence-corrected chi connectivity index (χ0v) is 23.6. The van der Waals surface area contributed by atoms with Crippen LogP contribution in [0.4, 0.5) is 4.79 Å². The second-order valence-electron chi connectivity index (χ2n) is 10.9. The molecule has 0 fully saturated rings. The Morgan fingerprint density at radius 1 is 0.973 bits per heavy atom. The van der Waals surface area contributed by atoms with Crippen molar-refractivity contribution in [1.82, 2.24) is 15.6 Å². The van der Waals surface area contributed by atoms with Gasteiger partial charge in [0.2, 0.25) is 5.91 Å². The van der Waals surface area contributed by atoms with Gasteiger partial charge in [0.25, 0.3) is 0 Å². The second kappa shape index (κ2) is 19.7. The topological polar surface area (TPSA) is 101 Å². The highest BCUT2D eigenvalue weighted by atomic mass is 16.5. The summed E-state index contributed by atoms with van der Waals surface area (Å²) in [5.41, 5.74) is 0.274. The molecule has 0 unspecified atom stereocenters. The van der Waals surface area contributed by atoms with Gasteiger partial charge in [0.05, 0.1) is 12.1 Å². The average molecular weight is 518 g/mol. The standard InChI is InChI=1S/C30H51N3O4/c1-5-6-7-8-9-10-11-12-13-14-15-16-17-18-27(34)26(33-28(35)30(2,3)4)24-37-29(36)32-23-25-19-21-31-22-20-25/h17-22,26-27,34H,5-16,23-24H2,1-4H3,(H,32,36)(H,33,35)/b18-17+/t26-,27+/m0/s1. The summed E-state index contributed by atoms with van der Waals surface area (Å²) in [6.45, 7) is 7.83. The predicted molar refractivity (Wildman–Crippen MR) is 150 cm³/mol. The van der Waals surface area contributed by atoms with Gasteiger partial charge in [-0.1, -0.05) is 104 Å². The first-order valence-electron chi connectivity index (χ1n) is 14.2. The summed E-state index contributed by atoms with van der Waals surface area (Å²) < 4.78 is 5.31. The number of hydrogen-bond acceptors (Lipinski definition) is 5. The van der Waals surface area contributed by atoms with E-state index in [1.54, 1.807) is 51.4 Å². The number of unbranched alkanes of at least 4 members (excludes halogenated alkanes) is 11. The zero-order chi connectivity index (χ0) is 27.4. The molecule has 0 aliphatic rings. The molecular formula is C30H51N3O4. The normalized spacial score (nSPS) is 13.3. The van der Waals surface area contributed by atoms with E-state index in [4.69, 9.17) is 4.74 Å². The third-order valence-corrected chi connectivity index (χ3v) is 6.30. The molecule has 7 nitrogen and oxygen atoms in total. The van der Waals surface area contributed by atoms with Crippen molar-refractivity contribution in [2.24, 2.45) is 5.41 Å². The summed E-state index contributed by atoms with van der Waals surface area (Å²) in [7, 11) is 0. The summed E-state index contributed by atoms with van der Waals surface area (Å²) in [6.07, 6.45) is 20.5. The van der Waals surface area contributed by atoms with Gasteiger partial charge in [-0.2, -0.15) is 0 Å². The van der Waals surface area contributed by atoms with Crippen molar-refractivity contribution in [3.8, 4) is 0 Å². The Labute approximate surface area is 224 Å². The van der Waals surface area contributed by atoms with Crippen LogP contribution in [-0.2, 0) is 16.1 Å². The molecule has 3 N–H and O–H groups in total. The van der Waals surface area contributed by atoms with E-state index in [1.807, 2.05) is 6.08 Å². The number of rotatable bonds is 19. The van der Waals surface area contributed by atoms with E-state index in [0.717, 1.165) is 18.4 Å². The van der Waals surface area contributed by atoms with Crippen LogP contribution < -0.4 is 10.6 Å². The molecule has 0 radical (unpaired) electrons. The summed E-state index contributed by atoms with van der Waals surface area (Å²) >= 11 is 0. The van der Waals surface area contributed by atoms with Gasteiger partial charge >= 0.3 is 6.09 Å². The molecule has 0 aliphatic heterocycles. The lowest BCUT2D eigenvalue weighted by Gasteiger charge is -2.26. The lowest BCUT2D eigenvalue weighted by atomic mass is 9.95. The van der Waals surface area contributed by atoms with E-state index >= 15 is 0 Å². The SMILES string of the molecule is CCCCCCCCCCCCC/C=C/[C@@H](O)[C@H](COC(=O)NCc1ccncc1)NC(=O)C(C)(C)C. The lowest BCUT2D eigenvalue weighted by Crippen LogP contribution is -2.50. The highest BCUT2D eigenvalue weighted by Crippen LogP contribution is 2.15. The summed E-state index contributed by atoms with van der Waals surface area (Å²) in [5.74, 6) is -0.212. The Balaban J connectivity index is 2.36. The van der Waals surface area contributed by atoms with E-state index in [2.05, 4.69) is 22.5 Å². The monoisotopic (exact) mass is 517 g/mol. The van der Waals surface area contributed by atoms with E-state index in [9.17, 15) is 14.7 Å². The predicted octanol–water partition coefficient (Wildman–Crippen LogP) is 6.46. The smallest absolute Gasteiger partial charge is 0.407 e. The second-order valence-corrected chi connectivity index (χ2v) is 10.9. The van der Waals surface area contributed by atoms with Crippen molar-refractivity contribution in [3.63, 3.8) is 0 Å². The molecule has 2 atom stereocenters. The Bertz CT molecular complexity index is 762. The maximum Gasteiger partial charge on any atom is 0.407 e. The van der Waals surface area contributed by atoms with Gasteiger partial charge in [-0.05, 0) is 30.5 Å². The number of nitrogens with zero attached hydrogens (tertiary/aromatic N) is 1. The zero-order valence-electron chi connectivity index (χ0n) is 23.6. The van der Waals surface area contributed by atoms with Crippen molar-refractivity contribution in [2.45, 2.75) is 123 Å². The molecule has 1 heterocycles. The fraction of sp³-hybridized carbons (Fsp3) is 0.700. The Kier molecular flexibility index (Phi) is 17.3. The van der Waals surface area contributed by atoms with Crippen LogP contribution in [0.1, 0.15) is 110 Å². The van der Waals surface area contributed by atoms with E-state index in [-0.39, 0.29) is 12.5 Å². The molecule has 0 aliphatic carbocycles. The molecule has 1 rings (SSSR count). The number of aliphatic hydroxyl groups is 1. The van der Waals surface area contributed by atoms with Gasteiger partial charge in [0.1, 0.15) is 6.61 Å². The van der Waals surface area contributed by atoms with Crippen molar-refractivity contribution in [2.75, 3.05) is 6.61 Å². The molecule has 1 aromatic heterocycles. The fourth-order valence-corrected chi connectivity index (χ4v) is 3.80. The van der Waals surface area contributed by atoms with Gasteiger partial charge < -0.3 is 20.5 Å². The van der Waals surface area contributed by atoms with Crippen LogP contribution in [0.5, 0.6) is 0 Å². The third kappa shape index (κ3) is 16.9. The first-order chi connectivity index (χ1) is 17.7. The molecule has 0 spiro atoms. The average Bonchev–Trinajstić information content (AvgIpc) is 2.87. The molecular weight excluding hydrogens is 466 g/mol. The van der Waals surface area contributed by atoms with E-state index in [1.165, 1.54) is 64.2 Å². The van der Waals surface area contributed by atoms with Crippen molar-refractivity contribution >= 4 is 12.0 Å². The summed E-state index contributed by atoms with van der Waals surface area (Å²) in [6, 6.07) is 2.88. The quantitative estimate of drug-likeness (QED) is 0.144. The van der Waals surface area contributed by atoms with Crippen LogP contribution in [0.2, 0.25) is 0 Å². The third-order valence-electron chi connectivity index (χ3n) is 6.30. The number of nitrogens with one attached hydrogen (secondary N) is 2. The first kappa shape index (κ1) is 32.6. The highest BCUT2D eigenvalue weighted by Gasteiger charge is 2.27. The minimum absolute atomic E-state index is 0.131. The fourth-order valence-electron chi connectivity index (χ4n) is 3.80. The minimum atomic E-state index is -0.952. The van der Waals surface area contributed by atoms with Gasteiger partial charge in [0.15, 0.2) is 0 Å². The van der Waals surface area contributed by atoms with Crippen LogP contribution in [0.25, 0.3) is 0 Å². The number of hydrogen-bond donors (Lipinski definition) is 3. The van der Waals surface area contributed by atoms with Crippen LogP contribution in [0, 0.1) is 5.41 Å². The molecule has 7 heteroatoms. The molecule has 0 aromatic carbocycles. The minimum Gasteiger partial charge on any atom is -0.447 e. The molecule has 2 amide bonds. The van der Waals surface area contributed by atoms with Crippen molar-refractivity contribution in [3.05, 3.63) is 42.2 Å². The van der Waals surface area contributed by atoms with Crippen LogP contribution in [0.3, 0.4) is 0 Å². The number of aromatic nitrogens is 1. The molecule has 210 valence electrons. The van der Waals surface area contributed by atoms with Crippen molar-refractivity contribution in [1.29, 1.82) is 0 Å². The van der Waals surface area contributed by atoms with Gasteiger partial charge in [-0.15, -0.1) is 0 Å². The molecule has 37 heavy (non-hydrogen) atoms. The number of allylic oxidation sites excluding steroid dienone is 1. The van der Waals surface area contributed by atoms with Gasteiger partial charge in [-0.25, -0.2) is 4.79 Å². The molecule has 0 bridgehead atoms. The first-order valence-corrected chi connectivity index (χ1v) is 14.2. The van der Waals surface area contributed by atoms with Crippen LogP contribution >= 0.6 is 0 Å². The number of pyridine rings is 1. The van der Waals surface area contributed by atoms with Gasteiger partial charge in [0, 0.05) is 24.4 Å². The van der Waals surface area contributed by atoms with Gasteiger partial charge in [-0.3, -0.25) is 9.78 Å². The van der Waals surface area contributed by atoms with E-state index < -0.39 is 23.7 Å². The molecule has 0 saturated carbocycles. The number of alkyl carbamates (subject to hydrolysis) is 1. The summed E-state index contributed by atoms with van der Waals surface area (Å²) in [5, 5.41) is 16.2. The highest BCUT2D eigenvalue weighted by molar-refractivity contribution is 5.81. The maximum atomic E-state index is 12.5. The molecule has 1 aromatic rings. The lowest BCUT2D eigenvalue weighted by molar-refractivity contribution is -0.130. The van der Waals surface area contributed by atoms with Crippen LogP contribution in [-0.4, -0.2) is 40.8 Å². The van der Waals surface area contributed by atoms with E-state index in [0.29, 0.717) is 6.54 Å². The molecule has 0 saturated heterocycles. The number of amides is 2. The van der Waals surface area contributed by atoms with Crippen LogP contribution in [0.15, 0.2) is 36.7 Å². The Morgan fingerprint density at radius 3 is 2.11 bits per heavy atom. The Morgan fingerprint density at radius 2 is 1.54 bits per heavy atom. The summed E-state index contributed by atoms with van der Waals surface area (Å²) in [4.78, 5) is 28.6. The number of carbonyl (C=O) groups is 2. The number of ether oxygens (including phenoxy) is 1. The number of aliphatic hydroxyl groups excluding tert-OH is 1. The Hall–Kier alpha value is -2.41.